The minimum absolute atomic E-state index is 0.169. The summed E-state index contributed by atoms with van der Waals surface area (Å²) in [5.74, 6) is 0.416. The Labute approximate surface area is 123 Å². The predicted octanol–water partition coefficient (Wildman–Crippen LogP) is 2.66. The van der Waals surface area contributed by atoms with Gasteiger partial charge in [-0.1, -0.05) is 0 Å². The molecule has 1 amide bonds. The fraction of sp³-hybridized carbons (Fsp3) is 0.250. The van der Waals surface area contributed by atoms with Crippen LogP contribution in [0, 0.1) is 0 Å². The van der Waals surface area contributed by atoms with E-state index in [4.69, 9.17) is 0 Å². The molecule has 0 unspecified atom stereocenters. The highest BCUT2D eigenvalue weighted by atomic mass is 79.9. The number of halogens is 1. The van der Waals surface area contributed by atoms with Crippen LogP contribution in [0.5, 0.6) is 0 Å². The molecular formula is C12H13BrN4OS. The lowest BCUT2D eigenvalue weighted by atomic mass is 10.2. The number of rotatable bonds is 5. The third-order valence-corrected chi connectivity index (χ3v) is 3.43. The number of hydrogen-bond donors (Lipinski definition) is 2. The molecule has 2 N–H and O–H groups in total. The first kappa shape index (κ1) is 14.0. The minimum atomic E-state index is -0.169. The van der Waals surface area contributed by atoms with Crippen LogP contribution in [0.15, 0.2) is 27.6 Å². The van der Waals surface area contributed by atoms with Gasteiger partial charge in [0.2, 0.25) is 0 Å². The van der Waals surface area contributed by atoms with Crippen LogP contribution in [-0.2, 0) is 6.54 Å². The van der Waals surface area contributed by atoms with Crippen molar-refractivity contribution >= 4 is 39.0 Å². The zero-order chi connectivity index (χ0) is 13.7. The first-order valence-corrected chi connectivity index (χ1v) is 7.49. The number of hydrogen-bond acceptors (Lipinski definition) is 5. The van der Waals surface area contributed by atoms with Gasteiger partial charge in [-0.05, 0) is 28.9 Å². The number of aromatic nitrogens is 2. The molecule has 0 saturated carbocycles. The van der Waals surface area contributed by atoms with E-state index in [1.165, 1.54) is 11.3 Å². The predicted molar refractivity (Wildman–Crippen MR) is 79.4 cm³/mol. The summed E-state index contributed by atoms with van der Waals surface area (Å²) in [7, 11) is 0. The van der Waals surface area contributed by atoms with Gasteiger partial charge in [0.25, 0.3) is 5.91 Å². The number of nitrogens with one attached hydrogen (secondary N) is 2. The van der Waals surface area contributed by atoms with Crippen LogP contribution >= 0.6 is 27.3 Å². The van der Waals surface area contributed by atoms with E-state index in [0.29, 0.717) is 24.5 Å². The van der Waals surface area contributed by atoms with Gasteiger partial charge in [0.15, 0.2) is 0 Å². The monoisotopic (exact) mass is 340 g/mol. The second kappa shape index (κ2) is 6.63. The van der Waals surface area contributed by atoms with Crippen molar-refractivity contribution < 1.29 is 4.79 Å². The zero-order valence-electron chi connectivity index (χ0n) is 10.3. The normalized spacial score (nSPS) is 10.2. The van der Waals surface area contributed by atoms with E-state index in [-0.39, 0.29) is 5.91 Å². The van der Waals surface area contributed by atoms with Gasteiger partial charge in [-0.25, -0.2) is 9.97 Å². The van der Waals surface area contributed by atoms with E-state index in [9.17, 15) is 4.79 Å². The molecule has 0 aromatic carbocycles. The quantitative estimate of drug-likeness (QED) is 0.877. The molecule has 2 rings (SSSR count). The Morgan fingerprint density at radius 3 is 3.00 bits per heavy atom. The summed E-state index contributed by atoms with van der Waals surface area (Å²) < 4.78 is 0.771. The summed E-state index contributed by atoms with van der Waals surface area (Å²) in [6.07, 6.45) is 1.66. The molecule has 0 radical (unpaired) electrons. The van der Waals surface area contributed by atoms with Crippen molar-refractivity contribution in [1.29, 1.82) is 0 Å². The minimum Gasteiger partial charge on any atom is -0.370 e. The molecular weight excluding hydrogens is 328 g/mol. The molecule has 0 fully saturated rings. The standard InChI is InChI=1S/C12H13BrN4OS/c1-2-14-11-10(3-8(13)4-15-11)12(18)16-5-9-6-19-7-17-9/h3-4,6-7H,2,5H2,1H3,(H,14,15)(H,16,18). The Kier molecular flexibility index (Phi) is 4.86. The third-order valence-electron chi connectivity index (χ3n) is 2.36. The Bertz CT molecular complexity index is 559. The number of anilines is 1. The Morgan fingerprint density at radius 2 is 2.32 bits per heavy atom. The summed E-state index contributed by atoms with van der Waals surface area (Å²) in [6, 6.07) is 1.75. The molecule has 0 aliphatic rings. The van der Waals surface area contributed by atoms with Crippen molar-refractivity contribution in [2.45, 2.75) is 13.5 Å². The molecule has 2 aromatic rings. The van der Waals surface area contributed by atoms with E-state index in [0.717, 1.165) is 10.2 Å². The first-order chi connectivity index (χ1) is 9.20. The van der Waals surface area contributed by atoms with E-state index in [1.807, 2.05) is 12.3 Å². The van der Waals surface area contributed by atoms with Gasteiger partial charge >= 0.3 is 0 Å². The topological polar surface area (TPSA) is 66.9 Å². The lowest BCUT2D eigenvalue weighted by molar-refractivity contribution is 0.0951. The van der Waals surface area contributed by atoms with Gasteiger partial charge in [0.05, 0.1) is 23.3 Å². The average Bonchev–Trinajstić information content (AvgIpc) is 2.91. The fourth-order valence-corrected chi connectivity index (χ4v) is 2.40. The molecule has 0 atom stereocenters. The molecule has 0 bridgehead atoms. The molecule has 100 valence electrons. The highest BCUT2D eigenvalue weighted by Gasteiger charge is 2.13. The zero-order valence-corrected chi connectivity index (χ0v) is 12.7. The highest BCUT2D eigenvalue weighted by Crippen LogP contribution is 2.18. The van der Waals surface area contributed by atoms with E-state index in [2.05, 4.69) is 36.5 Å². The van der Waals surface area contributed by atoms with E-state index >= 15 is 0 Å². The second-order valence-corrected chi connectivity index (χ2v) is 5.38. The number of thiazole rings is 1. The molecule has 2 aromatic heterocycles. The summed E-state index contributed by atoms with van der Waals surface area (Å²) in [5, 5.41) is 7.81. The van der Waals surface area contributed by atoms with Gasteiger partial charge in [-0.3, -0.25) is 4.79 Å². The molecule has 2 heterocycles. The summed E-state index contributed by atoms with van der Waals surface area (Å²) in [4.78, 5) is 20.5. The van der Waals surface area contributed by atoms with E-state index in [1.54, 1.807) is 17.8 Å². The van der Waals surface area contributed by atoms with Crippen LogP contribution in [0.1, 0.15) is 23.0 Å². The van der Waals surface area contributed by atoms with Crippen LogP contribution in [0.2, 0.25) is 0 Å². The molecule has 0 saturated heterocycles. The number of amides is 1. The Morgan fingerprint density at radius 1 is 1.47 bits per heavy atom. The van der Waals surface area contributed by atoms with Crippen molar-refractivity contribution in [2.75, 3.05) is 11.9 Å². The maximum absolute atomic E-state index is 12.2. The van der Waals surface area contributed by atoms with Crippen molar-refractivity contribution in [3.8, 4) is 0 Å². The summed E-state index contributed by atoms with van der Waals surface area (Å²) in [5.41, 5.74) is 3.12. The molecule has 19 heavy (non-hydrogen) atoms. The van der Waals surface area contributed by atoms with Crippen LogP contribution in [-0.4, -0.2) is 22.4 Å². The molecule has 5 nitrogen and oxygen atoms in total. The number of nitrogens with zero attached hydrogens (tertiary/aromatic N) is 2. The smallest absolute Gasteiger partial charge is 0.255 e. The van der Waals surface area contributed by atoms with E-state index < -0.39 is 0 Å². The third kappa shape index (κ3) is 3.74. The van der Waals surface area contributed by atoms with Gasteiger partial charge in [-0.15, -0.1) is 11.3 Å². The maximum atomic E-state index is 12.2. The van der Waals surface area contributed by atoms with Crippen LogP contribution < -0.4 is 10.6 Å². The SMILES string of the molecule is CCNc1ncc(Br)cc1C(=O)NCc1cscn1. The fourth-order valence-electron chi connectivity index (χ4n) is 1.51. The van der Waals surface area contributed by atoms with Crippen LogP contribution in [0.3, 0.4) is 0 Å². The number of carbonyl (C=O) groups is 1. The molecule has 0 spiro atoms. The average molecular weight is 341 g/mol. The largest absolute Gasteiger partial charge is 0.370 e. The lowest BCUT2D eigenvalue weighted by Gasteiger charge is -2.10. The van der Waals surface area contributed by atoms with Crippen molar-refractivity contribution in [1.82, 2.24) is 15.3 Å². The van der Waals surface area contributed by atoms with Crippen LogP contribution in [0.4, 0.5) is 5.82 Å². The number of pyridine rings is 1. The Balaban J connectivity index is 2.11. The van der Waals surface area contributed by atoms with Gasteiger partial charge in [-0.2, -0.15) is 0 Å². The second-order valence-electron chi connectivity index (χ2n) is 3.74. The van der Waals surface area contributed by atoms with Crippen molar-refractivity contribution in [2.24, 2.45) is 0 Å². The Hall–Kier alpha value is -1.47. The molecule has 0 aliphatic carbocycles. The van der Waals surface area contributed by atoms with Crippen LogP contribution in [0.25, 0.3) is 0 Å². The van der Waals surface area contributed by atoms with Gasteiger partial charge in [0.1, 0.15) is 5.82 Å². The highest BCUT2D eigenvalue weighted by molar-refractivity contribution is 9.10. The number of carbonyl (C=O) groups excluding carboxylic acids is 1. The first-order valence-electron chi connectivity index (χ1n) is 5.75. The van der Waals surface area contributed by atoms with Gasteiger partial charge < -0.3 is 10.6 Å². The molecule has 0 aliphatic heterocycles. The molecule has 7 heteroatoms. The maximum Gasteiger partial charge on any atom is 0.255 e. The summed E-state index contributed by atoms with van der Waals surface area (Å²) in [6.45, 7) is 3.09. The summed E-state index contributed by atoms with van der Waals surface area (Å²) >= 11 is 4.83. The van der Waals surface area contributed by atoms with Crippen molar-refractivity contribution in [3.63, 3.8) is 0 Å². The van der Waals surface area contributed by atoms with Gasteiger partial charge in [0, 0.05) is 22.6 Å². The van der Waals surface area contributed by atoms with Crippen molar-refractivity contribution in [3.05, 3.63) is 38.9 Å². The lowest BCUT2D eigenvalue weighted by Crippen LogP contribution is -2.24.